The summed E-state index contributed by atoms with van der Waals surface area (Å²) < 4.78 is 25.8. The number of hydrogen-bond acceptors (Lipinski definition) is 3. The topological polar surface area (TPSA) is 45.1 Å². The van der Waals surface area contributed by atoms with Gasteiger partial charge in [-0.3, -0.25) is 4.98 Å². The molecular formula is C14H16F2N2O. The number of aliphatic hydroxyl groups is 1. The average Bonchev–Trinajstić information content (AvgIpc) is 2.38. The molecule has 2 N–H and O–H groups in total. The largest absolute Gasteiger partial charge is 0.390 e. The van der Waals surface area contributed by atoms with E-state index in [0.29, 0.717) is 6.54 Å². The van der Waals surface area contributed by atoms with Crippen LogP contribution in [0, 0.1) is 6.92 Å². The number of para-hydroxylation sites is 1. The zero-order chi connectivity index (χ0) is 13.9. The number of nitrogens with one attached hydrogen (secondary N) is 1. The van der Waals surface area contributed by atoms with Crippen molar-refractivity contribution in [2.45, 2.75) is 19.4 Å². The van der Waals surface area contributed by atoms with Crippen LogP contribution in [0.1, 0.15) is 11.3 Å². The van der Waals surface area contributed by atoms with Gasteiger partial charge in [-0.1, -0.05) is 18.2 Å². The van der Waals surface area contributed by atoms with Gasteiger partial charge in [-0.05, 0) is 24.6 Å². The number of hydrogen-bond donors (Lipinski definition) is 2. The fourth-order valence-electron chi connectivity index (χ4n) is 1.98. The number of pyridine rings is 1. The third kappa shape index (κ3) is 3.45. The summed E-state index contributed by atoms with van der Waals surface area (Å²) in [5.41, 5.74) is 2.63. The molecule has 1 aromatic carbocycles. The Morgan fingerprint density at radius 3 is 2.79 bits per heavy atom. The monoisotopic (exact) mass is 266 g/mol. The highest BCUT2D eigenvalue weighted by Crippen LogP contribution is 2.18. The smallest absolute Gasteiger partial charge is 0.282 e. The number of nitrogens with zero attached hydrogens (tertiary/aromatic N) is 1. The van der Waals surface area contributed by atoms with Gasteiger partial charge in [0, 0.05) is 17.6 Å². The minimum absolute atomic E-state index is 0.319. The van der Waals surface area contributed by atoms with Crippen LogP contribution < -0.4 is 5.32 Å². The molecule has 0 radical (unpaired) electrons. The first-order valence-electron chi connectivity index (χ1n) is 6.06. The Bertz CT molecular complexity index is 572. The van der Waals surface area contributed by atoms with Gasteiger partial charge in [0.05, 0.1) is 12.1 Å². The summed E-state index contributed by atoms with van der Waals surface area (Å²) in [4.78, 5) is 4.39. The zero-order valence-electron chi connectivity index (χ0n) is 10.7. The lowest BCUT2D eigenvalue weighted by molar-refractivity contribution is -0.0477. The molecule has 0 amide bonds. The number of aliphatic hydroxyl groups excluding tert-OH is 1. The Labute approximate surface area is 110 Å². The lowest BCUT2D eigenvalue weighted by Crippen LogP contribution is -2.35. The number of aromatic nitrogens is 1. The lowest BCUT2D eigenvalue weighted by atomic mass is 10.1. The molecule has 5 heteroatoms. The maximum Gasteiger partial charge on any atom is 0.282 e. The molecule has 0 spiro atoms. The maximum absolute atomic E-state index is 12.9. The molecule has 0 saturated carbocycles. The highest BCUT2D eigenvalue weighted by atomic mass is 19.3. The highest BCUT2D eigenvalue weighted by Gasteiger charge is 2.26. The summed E-state index contributed by atoms with van der Waals surface area (Å²) in [5.74, 6) is -3.09. The van der Waals surface area contributed by atoms with Crippen molar-refractivity contribution in [3.05, 3.63) is 41.6 Å². The Morgan fingerprint density at radius 1 is 1.32 bits per heavy atom. The van der Waals surface area contributed by atoms with Crippen LogP contribution in [0.15, 0.2) is 30.3 Å². The van der Waals surface area contributed by atoms with Crippen LogP contribution in [0.5, 0.6) is 0 Å². The Balaban J connectivity index is 2.16. The molecule has 0 unspecified atom stereocenters. The van der Waals surface area contributed by atoms with Crippen molar-refractivity contribution in [2.75, 3.05) is 13.2 Å². The van der Waals surface area contributed by atoms with Crippen LogP contribution in [-0.4, -0.2) is 29.2 Å². The second-order valence-corrected chi connectivity index (χ2v) is 4.56. The van der Waals surface area contributed by atoms with Gasteiger partial charge in [-0.2, -0.15) is 0 Å². The van der Waals surface area contributed by atoms with Gasteiger partial charge in [-0.15, -0.1) is 0 Å². The molecule has 1 heterocycles. The van der Waals surface area contributed by atoms with E-state index in [2.05, 4.69) is 10.3 Å². The van der Waals surface area contributed by atoms with Crippen molar-refractivity contribution in [1.82, 2.24) is 10.3 Å². The molecule has 0 saturated heterocycles. The summed E-state index contributed by atoms with van der Waals surface area (Å²) in [6, 6.07) is 9.49. The summed E-state index contributed by atoms with van der Waals surface area (Å²) in [7, 11) is 0. The molecule has 0 aliphatic rings. The summed E-state index contributed by atoms with van der Waals surface area (Å²) in [5, 5.41) is 12.1. The molecule has 102 valence electrons. The number of benzene rings is 1. The van der Waals surface area contributed by atoms with Gasteiger partial charge in [-0.25, -0.2) is 8.78 Å². The highest BCUT2D eigenvalue weighted by molar-refractivity contribution is 5.82. The SMILES string of the molecule is Cc1cc(CNCC(F)(F)CO)c2ccccc2n1. The zero-order valence-corrected chi connectivity index (χ0v) is 10.7. The number of aryl methyl sites for hydroxylation is 1. The second kappa shape index (κ2) is 5.59. The molecule has 0 fully saturated rings. The van der Waals surface area contributed by atoms with E-state index in [-0.39, 0.29) is 0 Å². The van der Waals surface area contributed by atoms with Gasteiger partial charge in [0.15, 0.2) is 0 Å². The fraction of sp³-hybridized carbons (Fsp3) is 0.357. The third-order valence-corrected chi connectivity index (χ3v) is 2.86. The molecule has 1 aromatic heterocycles. The lowest BCUT2D eigenvalue weighted by Gasteiger charge is -2.15. The van der Waals surface area contributed by atoms with Gasteiger partial charge >= 0.3 is 0 Å². The third-order valence-electron chi connectivity index (χ3n) is 2.86. The number of alkyl halides is 2. The van der Waals surface area contributed by atoms with Crippen molar-refractivity contribution in [3.63, 3.8) is 0 Å². The molecule has 2 aromatic rings. The van der Waals surface area contributed by atoms with Crippen molar-refractivity contribution in [2.24, 2.45) is 0 Å². The first kappa shape index (κ1) is 13.8. The van der Waals surface area contributed by atoms with Crippen molar-refractivity contribution >= 4 is 10.9 Å². The Morgan fingerprint density at radius 2 is 2.05 bits per heavy atom. The first-order chi connectivity index (χ1) is 9.02. The van der Waals surface area contributed by atoms with Crippen LogP contribution in [0.2, 0.25) is 0 Å². The van der Waals surface area contributed by atoms with E-state index >= 15 is 0 Å². The van der Waals surface area contributed by atoms with Gasteiger partial charge < -0.3 is 10.4 Å². The number of halogens is 2. The van der Waals surface area contributed by atoms with E-state index in [9.17, 15) is 8.78 Å². The average molecular weight is 266 g/mol. The van der Waals surface area contributed by atoms with E-state index in [0.717, 1.165) is 22.2 Å². The van der Waals surface area contributed by atoms with Crippen LogP contribution >= 0.6 is 0 Å². The second-order valence-electron chi connectivity index (χ2n) is 4.56. The summed E-state index contributed by atoms with van der Waals surface area (Å²) >= 11 is 0. The van der Waals surface area contributed by atoms with E-state index < -0.39 is 19.1 Å². The van der Waals surface area contributed by atoms with E-state index in [1.165, 1.54) is 0 Å². The van der Waals surface area contributed by atoms with Crippen LogP contribution in [-0.2, 0) is 6.54 Å². The van der Waals surface area contributed by atoms with Crippen molar-refractivity contribution in [1.29, 1.82) is 0 Å². The molecule has 19 heavy (non-hydrogen) atoms. The maximum atomic E-state index is 12.9. The molecule has 2 rings (SSSR count). The standard InChI is InChI=1S/C14H16F2N2O/c1-10-6-11(7-17-8-14(15,16)9-19)12-4-2-3-5-13(12)18-10/h2-6,17,19H,7-9H2,1H3. The van der Waals surface area contributed by atoms with E-state index in [1.54, 1.807) is 0 Å². The van der Waals surface area contributed by atoms with E-state index in [4.69, 9.17) is 5.11 Å². The number of fused-ring (bicyclic) bond motifs is 1. The summed E-state index contributed by atoms with van der Waals surface area (Å²) in [6.45, 7) is 0.507. The molecule has 3 nitrogen and oxygen atoms in total. The summed E-state index contributed by atoms with van der Waals surface area (Å²) in [6.07, 6.45) is 0. The predicted octanol–water partition coefficient (Wildman–Crippen LogP) is 2.26. The Kier molecular flexibility index (Phi) is 4.07. The fourth-order valence-corrected chi connectivity index (χ4v) is 1.98. The minimum atomic E-state index is -3.09. The molecule has 0 aliphatic carbocycles. The van der Waals surface area contributed by atoms with Crippen LogP contribution in [0.25, 0.3) is 10.9 Å². The number of rotatable bonds is 5. The van der Waals surface area contributed by atoms with Crippen molar-refractivity contribution < 1.29 is 13.9 Å². The molecular weight excluding hydrogens is 250 g/mol. The normalized spacial score (nSPS) is 12.0. The van der Waals surface area contributed by atoms with Crippen molar-refractivity contribution in [3.8, 4) is 0 Å². The molecule has 0 aliphatic heterocycles. The van der Waals surface area contributed by atoms with Gasteiger partial charge in [0.1, 0.15) is 6.61 Å². The predicted molar refractivity (Wildman–Crippen MR) is 70.2 cm³/mol. The first-order valence-corrected chi connectivity index (χ1v) is 6.06. The van der Waals surface area contributed by atoms with Gasteiger partial charge in [0.2, 0.25) is 0 Å². The van der Waals surface area contributed by atoms with Crippen LogP contribution in [0.4, 0.5) is 8.78 Å². The quantitative estimate of drug-likeness (QED) is 0.872. The minimum Gasteiger partial charge on any atom is -0.390 e. The van der Waals surface area contributed by atoms with E-state index in [1.807, 2.05) is 37.3 Å². The Hall–Kier alpha value is -1.59. The molecule has 0 atom stereocenters. The molecule has 0 bridgehead atoms. The van der Waals surface area contributed by atoms with Gasteiger partial charge in [0.25, 0.3) is 5.92 Å². The van der Waals surface area contributed by atoms with Crippen LogP contribution in [0.3, 0.4) is 0 Å².